The minimum atomic E-state index is -0.192. The fraction of sp³-hybridized carbons (Fsp3) is 0.294. The van der Waals surface area contributed by atoms with Gasteiger partial charge in [0.05, 0.1) is 18.3 Å². The van der Waals surface area contributed by atoms with Crippen molar-refractivity contribution in [3.63, 3.8) is 0 Å². The predicted molar refractivity (Wildman–Crippen MR) is 103 cm³/mol. The van der Waals surface area contributed by atoms with E-state index in [1.54, 1.807) is 32.3 Å². The summed E-state index contributed by atoms with van der Waals surface area (Å²) in [5.41, 5.74) is 2.46. The molecule has 1 heterocycles. The molecule has 0 bridgehead atoms. The second-order valence-electron chi connectivity index (χ2n) is 5.12. The second-order valence-corrected chi connectivity index (χ2v) is 5.12. The average molecular weight is 428 g/mol. The van der Waals surface area contributed by atoms with Crippen molar-refractivity contribution >= 4 is 29.9 Å². The molecule has 23 heavy (non-hydrogen) atoms. The van der Waals surface area contributed by atoms with E-state index in [1.165, 1.54) is 0 Å². The van der Waals surface area contributed by atoms with Crippen molar-refractivity contribution < 1.29 is 4.39 Å². The van der Waals surface area contributed by atoms with Crippen molar-refractivity contribution in [3.8, 4) is 0 Å². The highest BCUT2D eigenvalue weighted by Crippen LogP contribution is 2.16. The van der Waals surface area contributed by atoms with Crippen LogP contribution < -0.4 is 10.6 Å². The highest BCUT2D eigenvalue weighted by molar-refractivity contribution is 14.0. The van der Waals surface area contributed by atoms with Gasteiger partial charge in [0.15, 0.2) is 5.96 Å². The third-order valence-corrected chi connectivity index (χ3v) is 3.44. The van der Waals surface area contributed by atoms with Gasteiger partial charge in [0.1, 0.15) is 5.82 Å². The summed E-state index contributed by atoms with van der Waals surface area (Å²) in [7, 11) is 1.70. The van der Waals surface area contributed by atoms with E-state index in [2.05, 4.69) is 20.6 Å². The molecular weight excluding hydrogens is 406 g/mol. The van der Waals surface area contributed by atoms with Crippen LogP contribution in [-0.4, -0.2) is 18.0 Å². The van der Waals surface area contributed by atoms with Crippen LogP contribution in [0, 0.1) is 12.7 Å². The molecule has 0 amide bonds. The number of rotatable bonds is 4. The maximum absolute atomic E-state index is 13.6. The van der Waals surface area contributed by atoms with Gasteiger partial charge >= 0.3 is 0 Å². The zero-order chi connectivity index (χ0) is 15.9. The van der Waals surface area contributed by atoms with Crippen LogP contribution in [0.5, 0.6) is 0 Å². The van der Waals surface area contributed by atoms with Gasteiger partial charge in [-0.25, -0.2) is 4.39 Å². The van der Waals surface area contributed by atoms with Gasteiger partial charge in [0, 0.05) is 13.2 Å². The Kier molecular flexibility index (Phi) is 7.94. The Morgan fingerprint density at radius 1 is 1.30 bits per heavy atom. The van der Waals surface area contributed by atoms with E-state index in [0.717, 1.165) is 11.3 Å². The minimum Gasteiger partial charge on any atom is -0.351 e. The monoisotopic (exact) mass is 428 g/mol. The molecule has 0 saturated heterocycles. The summed E-state index contributed by atoms with van der Waals surface area (Å²) in [4.78, 5) is 8.43. The van der Waals surface area contributed by atoms with Gasteiger partial charge in [0.25, 0.3) is 0 Å². The van der Waals surface area contributed by atoms with E-state index >= 15 is 0 Å². The second kappa shape index (κ2) is 9.44. The van der Waals surface area contributed by atoms with Crippen molar-refractivity contribution in [2.45, 2.75) is 26.4 Å². The van der Waals surface area contributed by atoms with Crippen LogP contribution in [0.1, 0.15) is 29.8 Å². The number of aromatic nitrogens is 1. The number of nitrogens with one attached hydrogen (secondary N) is 2. The minimum absolute atomic E-state index is 0. The van der Waals surface area contributed by atoms with Crippen molar-refractivity contribution in [2.75, 3.05) is 7.05 Å². The van der Waals surface area contributed by atoms with E-state index in [4.69, 9.17) is 0 Å². The molecule has 6 heteroatoms. The molecule has 1 atom stereocenters. The summed E-state index contributed by atoms with van der Waals surface area (Å²) in [5, 5.41) is 6.44. The lowest BCUT2D eigenvalue weighted by atomic mass is 10.1. The van der Waals surface area contributed by atoms with Crippen molar-refractivity contribution in [3.05, 3.63) is 65.2 Å². The highest BCUT2D eigenvalue weighted by atomic mass is 127. The number of pyridine rings is 1. The summed E-state index contributed by atoms with van der Waals surface area (Å²) in [5.74, 6) is 0.460. The van der Waals surface area contributed by atoms with Gasteiger partial charge in [-0.3, -0.25) is 9.98 Å². The van der Waals surface area contributed by atoms with Gasteiger partial charge in [-0.1, -0.05) is 18.2 Å². The zero-order valence-electron chi connectivity index (χ0n) is 13.5. The van der Waals surface area contributed by atoms with Crippen LogP contribution in [-0.2, 0) is 6.54 Å². The molecule has 1 aromatic heterocycles. The number of nitrogens with zero attached hydrogens (tertiary/aromatic N) is 2. The molecule has 2 N–H and O–H groups in total. The van der Waals surface area contributed by atoms with E-state index in [-0.39, 0.29) is 35.8 Å². The molecule has 4 nitrogen and oxygen atoms in total. The largest absolute Gasteiger partial charge is 0.351 e. The van der Waals surface area contributed by atoms with Gasteiger partial charge < -0.3 is 10.6 Å². The van der Waals surface area contributed by atoms with Crippen LogP contribution in [0.3, 0.4) is 0 Å². The molecule has 0 aliphatic rings. The third-order valence-electron chi connectivity index (χ3n) is 3.44. The van der Waals surface area contributed by atoms with E-state index in [9.17, 15) is 4.39 Å². The number of halogens is 2. The topological polar surface area (TPSA) is 49.3 Å². The first-order valence-corrected chi connectivity index (χ1v) is 7.23. The number of hydrogen-bond donors (Lipinski definition) is 2. The molecule has 1 unspecified atom stereocenters. The van der Waals surface area contributed by atoms with Crippen molar-refractivity contribution in [2.24, 2.45) is 4.99 Å². The molecular formula is C17H22FIN4. The number of aryl methyl sites for hydroxylation is 1. The summed E-state index contributed by atoms with van der Waals surface area (Å²) in [6, 6.07) is 11.0. The maximum atomic E-state index is 13.6. The third kappa shape index (κ3) is 5.78. The quantitative estimate of drug-likeness (QED) is 0.445. The molecule has 1 aromatic carbocycles. The fourth-order valence-electron chi connectivity index (χ4n) is 2.04. The number of hydrogen-bond acceptors (Lipinski definition) is 2. The molecule has 2 rings (SSSR count). The molecule has 0 saturated carbocycles. The Labute approximate surface area is 153 Å². The van der Waals surface area contributed by atoms with Crippen LogP contribution >= 0.6 is 24.0 Å². The SMILES string of the molecule is CN=C(NCc1ccccn1)NC(C)c1ccc(C)c(F)c1.I. The van der Waals surface area contributed by atoms with Gasteiger partial charge in [-0.2, -0.15) is 0 Å². The lowest BCUT2D eigenvalue weighted by Gasteiger charge is -2.18. The Morgan fingerprint density at radius 3 is 2.70 bits per heavy atom. The van der Waals surface area contributed by atoms with E-state index < -0.39 is 0 Å². The van der Waals surface area contributed by atoms with Crippen LogP contribution in [0.25, 0.3) is 0 Å². The van der Waals surface area contributed by atoms with Gasteiger partial charge in [-0.15, -0.1) is 24.0 Å². The number of aliphatic imine (C=N–C) groups is 1. The average Bonchev–Trinajstić information content (AvgIpc) is 2.54. The van der Waals surface area contributed by atoms with Crippen molar-refractivity contribution in [1.29, 1.82) is 0 Å². The molecule has 2 aromatic rings. The fourth-order valence-corrected chi connectivity index (χ4v) is 2.04. The van der Waals surface area contributed by atoms with E-state index in [1.807, 2.05) is 31.2 Å². The van der Waals surface area contributed by atoms with Gasteiger partial charge in [-0.05, 0) is 43.2 Å². The molecule has 0 spiro atoms. The molecule has 0 aliphatic heterocycles. The Morgan fingerprint density at radius 2 is 2.09 bits per heavy atom. The first-order valence-electron chi connectivity index (χ1n) is 7.23. The Balaban J connectivity index is 0.00000264. The normalized spacial score (nSPS) is 12.3. The Hall–Kier alpha value is -1.70. The Bertz CT molecular complexity index is 646. The summed E-state index contributed by atoms with van der Waals surface area (Å²) >= 11 is 0. The van der Waals surface area contributed by atoms with Crippen LogP contribution in [0.2, 0.25) is 0 Å². The summed E-state index contributed by atoms with van der Waals surface area (Å²) in [6.07, 6.45) is 1.75. The van der Waals surface area contributed by atoms with Crippen molar-refractivity contribution in [1.82, 2.24) is 15.6 Å². The van der Waals surface area contributed by atoms with Crippen LogP contribution in [0.15, 0.2) is 47.6 Å². The first-order chi connectivity index (χ1) is 10.6. The lowest BCUT2D eigenvalue weighted by molar-refractivity contribution is 0.607. The molecule has 124 valence electrons. The summed E-state index contributed by atoms with van der Waals surface area (Å²) in [6.45, 7) is 4.30. The summed E-state index contributed by atoms with van der Waals surface area (Å²) < 4.78 is 13.6. The molecule has 0 fully saturated rings. The van der Waals surface area contributed by atoms with E-state index in [0.29, 0.717) is 18.1 Å². The molecule has 0 radical (unpaired) electrons. The molecule has 0 aliphatic carbocycles. The smallest absolute Gasteiger partial charge is 0.191 e. The maximum Gasteiger partial charge on any atom is 0.191 e. The predicted octanol–water partition coefficient (Wildman–Crippen LogP) is 3.57. The van der Waals surface area contributed by atoms with Gasteiger partial charge in [0.2, 0.25) is 0 Å². The standard InChI is InChI=1S/C17H21FN4.HI/c1-12-7-8-14(10-16(12)18)13(2)22-17(19-3)21-11-15-6-4-5-9-20-15;/h4-10,13H,11H2,1-3H3,(H2,19,21,22);1H. The highest BCUT2D eigenvalue weighted by Gasteiger charge is 2.09. The number of guanidine groups is 1. The first kappa shape index (κ1) is 19.3. The zero-order valence-corrected chi connectivity index (χ0v) is 15.8. The lowest BCUT2D eigenvalue weighted by Crippen LogP contribution is -2.38. The van der Waals surface area contributed by atoms with Crippen LogP contribution in [0.4, 0.5) is 4.39 Å². The number of benzene rings is 1.